The minimum absolute atomic E-state index is 0.223. The molecule has 130 valence electrons. The number of carbonyl (C=O) groups is 2. The third-order valence-electron chi connectivity index (χ3n) is 4.24. The van der Waals surface area contributed by atoms with Gasteiger partial charge in [-0.25, -0.2) is 4.79 Å². The fraction of sp³-hybridized carbons (Fsp3) is 0.263. The first-order valence-electron chi connectivity index (χ1n) is 7.97. The average Bonchev–Trinajstić information content (AvgIpc) is 2.65. The molecule has 25 heavy (non-hydrogen) atoms. The first-order chi connectivity index (χ1) is 12.1. The Kier molecular flexibility index (Phi) is 4.88. The van der Waals surface area contributed by atoms with Crippen molar-refractivity contribution in [3.8, 4) is 11.5 Å². The second kappa shape index (κ2) is 7.25. The Hall–Kier alpha value is -3.02. The van der Waals surface area contributed by atoms with E-state index < -0.39 is 12.0 Å². The Labute approximate surface area is 145 Å². The number of ether oxygens (including phenoxy) is 2. The molecule has 2 aromatic carbocycles. The van der Waals surface area contributed by atoms with Crippen LogP contribution in [-0.4, -0.2) is 42.1 Å². The SMILES string of the molecule is COc1cccc(OCC(=O)N2CCc3ccccc3[C@@H]2C(=O)O)c1. The quantitative estimate of drug-likeness (QED) is 0.903. The van der Waals surface area contributed by atoms with Gasteiger partial charge in [-0.05, 0) is 29.7 Å². The highest BCUT2D eigenvalue weighted by molar-refractivity contribution is 5.86. The van der Waals surface area contributed by atoms with Gasteiger partial charge in [0, 0.05) is 12.6 Å². The summed E-state index contributed by atoms with van der Waals surface area (Å²) in [6.45, 7) is 0.132. The van der Waals surface area contributed by atoms with Crippen LogP contribution < -0.4 is 9.47 Å². The van der Waals surface area contributed by atoms with E-state index in [0.29, 0.717) is 30.0 Å². The molecule has 0 spiro atoms. The van der Waals surface area contributed by atoms with Crippen molar-refractivity contribution in [2.75, 3.05) is 20.3 Å². The lowest BCUT2D eigenvalue weighted by molar-refractivity contribution is -0.152. The summed E-state index contributed by atoms with van der Waals surface area (Å²) in [6, 6.07) is 13.3. The van der Waals surface area contributed by atoms with Gasteiger partial charge in [0.1, 0.15) is 11.5 Å². The summed E-state index contributed by atoms with van der Waals surface area (Å²) in [6.07, 6.45) is 0.630. The molecule has 0 fully saturated rings. The van der Waals surface area contributed by atoms with Gasteiger partial charge in [0.2, 0.25) is 0 Å². The molecule has 0 bridgehead atoms. The monoisotopic (exact) mass is 341 g/mol. The van der Waals surface area contributed by atoms with Crippen LogP contribution in [0.25, 0.3) is 0 Å². The van der Waals surface area contributed by atoms with E-state index in [1.807, 2.05) is 12.1 Å². The van der Waals surface area contributed by atoms with Gasteiger partial charge in [0.15, 0.2) is 12.6 Å². The maximum atomic E-state index is 12.6. The Bertz CT molecular complexity index is 789. The van der Waals surface area contributed by atoms with E-state index in [2.05, 4.69) is 0 Å². The minimum atomic E-state index is -1.04. The Morgan fingerprint density at radius 1 is 1.16 bits per heavy atom. The number of nitrogens with zero attached hydrogens (tertiary/aromatic N) is 1. The lowest BCUT2D eigenvalue weighted by Gasteiger charge is -2.34. The molecule has 6 nitrogen and oxygen atoms in total. The van der Waals surface area contributed by atoms with Gasteiger partial charge >= 0.3 is 5.97 Å². The molecule has 0 saturated heterocycles. The van der Waals surface area contributed by atoms with E-state index in [1.165, 1.54) is 4.90 Å². The molecule has 1 amide bonds. The molecule has 0 saturated carbocycles. The van der Waals surface area contributed by atoms with E-state index in [9.17, 15) is 14.7 Å². The third-order valence-corrected chi connectivity index (χ3v) is 4.24. The number of aliphatic carboxylic acids is 1. The maximum absolute atomic E-state index is 12.6. The smallest absolute Gasteiger partial charge is 0.331 e. The van der Waals surface area contributed by atoms with E-state index >= 15 is 0 Å². The number of hydrogen-bond donors (Lipinski definition) is 1. The molecular formula is C19H19NO5. The number of carboxylic acids is 1. The zero-order valence-corrected chi connectivity index (χ0v) is 13.8. The first kappa shape index (κ1) is 16.8. The van der Waals surface area contributed by atoms with Crippen LogP contribution >= 0.6 is 0 Å². The van der Waals surface area contributed by atoms with Gasteiger partial charge in [-0.1, -0.05) is 30.3 Å². The lowest BCUT2D eigenvalue weighted by Crippen LogP contribution is -2.45. The van der Waals surface area contributed by atoms with Crippen LogP contribution in [0, 0.1) is 0 Å². The fourth-order valence-corrected chi connectivity index (χ4v) is 3.02. The van der Waals surface area contributed by atoms with Crippen LogP contribution in [0.1, 0.15) is 17.2 Å². The number of methoxy groups -OCH3 is 1. The fourth-order valence-electron chi connectivity index (χ4n) is 3.02. The van der Waals surface area contributed by atoms with Crippen LogP contribution in [0.3, 0.4) is 0 Å². The largest absolute Gasteiger partial charge is 0.497 e. The van der Waals surface area contributed by atoms with Crippen molar-refractivity contribution < 1.29 is 24.2 Å². The van der Waals surface area contributed by atoms with Crippen LogP contribution in [0.5, 0.6) is 11.5 Å². The van der Waals surface area contributed by atoms with Gasteiger partial charge in [0.05, 0.1) is 7.11 Å². The second-order valence-corrected chi connectivity index (χ2v) is 5.74. The summed E-state index contributed by atoms with van der Waals surface area (Å²) in [5.74, 6) is -0.274. The molecular weight excluding hydrogens is 322 g/mol. The van der Waals surface area contributed by atoms with Crippen LogP contribution in [0.15, 0.2) is 48.5 Å². The van der Waals surface area contributed by atoms with Crippen molar-refractivity contribution in [1.29, 1.82) is 0 Å². The Balaban J connectivity index is 1.74. The topological polar surface area (TPSA) is 76.1 Å². The Morgan fingerprint density at radius 3 is 2.68 bits per heavy atom. The Morgan fingerprint density at radius 2 is 1.92 bits per heavy atom. The number of carbonyl (C=O) groups excluding carboxylic acids is 1. The number of fused-ring (bicyclic) bond motifs is 1. The molecule has 1 atom stereocenters. The molecule has 3 rings (SSSR count). The zero-order valence-electron chi connectivity index (χ0n) is 13.8. The van der Waals surface area contributed by atoms with Crippen molar-refractivity contribution in [2.24, 2.45) is 0 Å². The maximum Gasteiger partial charge on any atom is 0.331 e. The molecule has 1 N–H and O–H groups in total. The summed E-state index contributed by atoms with van der Waals surface area (Å²) < 4.78 is 10.6. The molecule has 2 aromatic rings. The molecule has 0 aromatic heterocycles. The second-order valence-electron chi connectivity index (χ2n) is 5.74. The molecule has 1 heterocycles. The highest BCUT2D eigenvalue weighted by Crippen LogP contribution is 2.30. The third kappa shape index (κ3) is 3.57. The molecule has 1 aliphatic heterocycles. The molecule has 0 aliphatic carbocycles. The summed E-state index contributed by atoms with van der Waals surface area (Å²) in [5, 5.41) is 9.61. The highest BCUT2D eigenvalue weighted by Gasteiger charge is 2.35. The molecule has 0 radical (unpaired) electrons. The normalized spacial score (nSPS) is 16.0. The van der Waals surface area contributed by atoms with Crippen LogP contribution in [0.4, 0.5) is 0 Å². The van der Waals surface area contributed by atoms with Crippen molar-refractivity contribution >= 4 is 11.9 Å². The number of carboxylic acid groups (broad SMARTS) is 1. The van der Waals surface area contributed by atoms with Gasteiger partial charge in [0.25, 0.3) is 5.91 Å². The molecule has 0 unspecified atom stereocenters. The van der Waals surface area contributed by atoms with Crippen molar-refractivity contribution in [2.45, 2.75) is 12.5 Å². The summed E-state index contributed by atoms with van der Waals surface area (Å²) in [7, 11) is 1.55. The highest BCUT2D eigenvalue weighted by atomic mass is 16.5. The van der Waals surface area contributed by atoms with Crippen molar-refractivity contribution in [3.05, 3.63) is 59.7 Å². The molecule has 1 aliphatic rings. The first-order valence-corrected chi connectivity index (χ1v) is 7.97. The molecule has 6 heteroatoms. The van der Waals surface area contributed by atoms with E-state index in [4.69, 9.17) is 9.47 Å². The lowest BCUT2D eigenvalue weighted by atomic mass is 9.92. The number of hydrogen-bond acceptors (Lipinski definition) is 4. The van der Waals surface area contributed by atoms with Crippen LogP contribution in [0.2, 0.25) is 0 Å². The van der Waals surface area contributed by atoms with Crippen molar-refractivity contribution in [1.82, 2.24) is 4.90 Å². The van der Waals surface area contributed by atoms with Gasteiger partial charge in [-0.15, -0.1) is 0 Å². The number of rotatable bonds is 5. The average molecular weight is 341 g/mol. The van der Waals surface area contributed by atoms with Gasteiger partial charge in [-0.3, -0.25) is 4.79 Å². The summed E-state index contributed by atoms with van der Waals surface area (Å²) in [4.78, 5) is 25.7. The minimum Gasteiger partial charge on any atom is -0.497 e. The predicted molar refractivity (Wildman–Crippen MR) is 90.7 cm³/mol. The van der Waals surface area contributed by atoms with Gasteiger partial charge < -0.3 is 19.5 Å². The van der Waals surface area contributed by atoms with E-state index in [1.54, 1.807) is 43.5 Å². The van der Waals surface area contributed by atoms with Gasteiger partial charge in [-0.2, -0.15) is 0 Å². The number of benzene rings is 2. The standard InChI is InChI=1S/C19H19NO5/c1-24-14-6-4-7-15(11-14)25-12-17(21)20-10-9-13-5-2-3-8-16(13)18(20)19(22)23/h2-8,11,18H,9-10,12H2,1H3,(H,22,23)/t18-/m1/s1. The summed E-state index contributed by atoms with van der Waals surface area (Å²) >= 11 is 0. The van der Waals surface area contributed by atoms with Crippen LogP contribution in [-0.2, 0) is 16.0 Å². The van der Waals surface area contributed by atoms with E-state index in [-0.39, 0.29) is 12.5 Å². The van der Waals surface area contributed by atoms with Crippen molar-refractivity contribution in [3.63, 3.8) is 0 Å². The number of amides is 1. The summed E-state index contributed by atoms with van der Waals surface area (Å²) in [5.41, 5.74) is 1.63. The predicted octanol–water partition coefficient (Wildman–Crippen LogP) is 2.28. The van der Waals surface area contributed by atoms with E-state index in [0.717, 1.165) is 5.56 Å². The zero-order chi connectivity index (χ0) is 17.8.